The summed E-state index contributed by atoms with van der Waals surface area (Å²) >= 11 is 0. The van der Waals surface area contributed by atoms with Crippen LogP contribution in [-0.2, 0) is 6.61 Å². The first-order valence-electron chi connectivity index (χ1n) is 12.9. The summed E-state index contributed by atoms with van der Waals surface area (Å²) in [5.41, 5.74) is 8.87. The van der Waals surface area contributed by atoms with Crippen molar-refractivity contribution < 1.29 is 32.2 Å². The number of ether oxygens (including phenoxy) is 3. The highest BCUT2D eigenvalue weighted by molar-refractivity contribution is 5.96. The van der Waals surface area contributed by atoms with Crippen molar-refractivity contribution in [3.05, 3.63) is 136 Å². The molecule has 1 aromatic heterocycles. The number of carbonyl (C=O) groups excluding carboxylic acids is 1. The molecular weight excluding hydrogens is 542 g/mol. The van der Waals surface area contributed by atoms with Crippen LogP contribution in [-0.4, -0.2) is 5.97 Å². The van der Waals surface area contributed by atoms with Gasteiger partial charge in [-0.3, -0.25) is 0 Å². The van der Waals surface area contributed by atoms with Crippen LogP contribution in [0.5, 0.6) is 17.2 Å². The molecule has 0 bridgehead atoms. The predicted octanol–water partition coefficient (Wildman–Crippen LogP) is 7.04. The van der Waals surface area contributed by atoms with E-state index < -0.39 is 17.7 Å². The van der Waals surface area contributed by atoms with Crippen molar-refractivity contribution in [3.8, 4) is 23.3 Å². The fraction of sp³-hybridized carbons (Fsp3) is 0.0909. The highest BCUT2D eigenvalue weighted by Crippen LogP contribution is 2.44. The third-order valence-corrected chi connectivity index (χ3v) is 7.03. The summed E-state index contributed by atoms with van der Waals surface area (Å²) in [6, 6.07) is 24.3. The molecule has 0 saturated carbocycles. The molecule has 0 saturated heterocycles. The van der Waals surface area contributed by atoms with Crippen molar-refractivity contribution in [1.29, 1.82) is 5.26 Å². The predicted molar refractivity (Wildman–Crippen MR) is 149 cm³/mol. The number of carbonyl (C=O) groups is 1. The van der Waals surface area contributed by atoms with Crippen molar-refractivity contribution in [1.82, 2.24) is 0 Å². The molecule has 208 valence electrons. The number of aryl methyl sites for hydroxylation is 1. The molecule has 7 nitrogen and oxygen atoms in total. The lowest BCUT2D eigenvalue weighted by atomic mass is 9.83. The fourth-order valence-corrected chi connectivity index (χ4v) is 4.94. The minimum atomic E-state index is -0.766. The van der Waals surface area contributed by atoms with Gasteiger partial charge in [-0.1, -0.05) is 36.4 Å². The Hall–Kier alpha value is -5.62. The van der Waals surface area contributed by atoms with Crippen LogP contribution in [0.15, 0.2) is 101 Å². The molecule has 1 aliphatic heterocycles. The number of nitriles is 1. The van der Waals surface area contributed by atoms with E-state index in [-0.39, 0.29) is 35.4 Å². The topological polar surface area (TPSA) is 108 Å². The Bertz CT molecular complexity index is 1940. The SMILES string of the molecule is Cc1c(C(=O)Oc2ccc3c(c2)OC(N)=C(C#N)C3c2cccc(OCc3ccccc3F)c2)oc2ccc(F)cc12. The van der Waals surface area contributed by atoms with Crippen LogP contribution in [0.1, 0.15) is 38.7 Å². The van der Waals surface area contributed by atoms with Gasteiger partial charge < -0.3 is 24.4 Å². The van der Waals surface area contributed by atoms with Gasteiger partial charge in [-0.25, -0.2) is 13.6 Å². The normalized spacial score (nSPS) is 14.2. The zero-order valence-electron chi connectivity index (χ0n) is 22.2. The third-order valence-electron chi connectivity index (χ3n) is 7.03. The van der Waals surface area contributed by atoms with E-state index in [0.717, 1.165) is 0 Å². The van der Waals surface area contributed by atoms with E-state index in [0.29, 0.717) is 44.7 Å². The van der Waals surface area contributed by atoms with Crippen LogP contribution < -0.4 is 19.9 Å². The second-order valence-electron chi connectivity index (χ2n) is 9.66. The molecule has 0 amide bonds. The molecule has 6 rings (SSSR count). The zero-order valence-corrected chi connectivity index (χ0v) is 22.2. The lowest BCUT2D eigenvalue weighted by Gasteiger charge is -2.27. The smallest absolute Gasteiger partial charge is 0.379 e. The molecule has 0 radical (unpaired) electrons. The summed E-state index contributed by atoms with van der Waals surface area (Å²) in [5, 5.41) is 10.4. The van der Waals surface area contributed by atoms with E-state index in [4.69, 9.17) is 24.4 Å². The first kappa shape index (κ1) is 26.6. The molecule has 0 aliphatic carbocycles. The van der Waals surface area contributed by atoms with Crippen molar-refractivity contribution in [2.75, 3.05) is 0 Å². The number of nitrogens with zero attached hydrogens (tertiary/aromatic N) is 1. The second kappa shape index (κ2) is 10.7. The molecule has 0 spiro atoms. The molecular formula is C33H22F2N2O5. The molecule has 5 aromatic rings. The molecule has 42 heavy (non-hydrogen) atoms. The summed E-state index contributed by atoms with van der Waals surface area (Å²) in [5.74, 6) is -1.40. The molecule has 2 N–H and O–H groups in total. The summed E-state index contributed by atoms with van der Waals surface area (Å²) in [6.07, 6.45) is 0. The number of hydrogen-bond acceptors (Lipinski definition) is 7. The minimum Gasteiger partial charge on any atom is -0.489 e. The lowest BCUT2D eigenvalue weighted by Crippen LogP contribution is -2.21. The van der Waals surface area contributed by atoms with Gasteiger partial charge in [0.25, 0.3) is 0 Å². The van der Waals surface area contributed by atoms with Gasteiger partial charge in [0, 0.05) is 28.1 Å². The number of nitrogens with two attached hydrogens (primary N) is 1. The minimum absolute atomic E-state index is 0.0257. The van der Waals surface area contributed by atoms with E-state index >= 15 is 0 Å². The van der Waals surface area contributed by atoms with Crippen molar-refractivity contribution >= 4 is 16.9 Å². The van der Waals surface area contributed by atoms with Gasteiger partial charge in [-0.2, -0.15) is 5.26 Å². The lowest BCUT2D eigenvalue weighted by molar-refractivity contribution is 0.0702. The number of benzene rings is 4. The van der Waals surface area contributed by atoms with Gasteiger partial charge in [-0.05, 0) is 55.0 Å². The highest BCUT2D eigenvalue weighted by Gasteiger charge is 2.31. The zero-order chi connectivity index (χ0) is 29.4. The summed E-state index contributed by atoms with van der Waals surface area (Å²) in [7, 11) is 0. The number of allylic oxidation sites excluding steroid dienone is 1. The largest absolute Gasteiger partial charge is 0.489 e. The maximum absolute atomic E-state index is 14.1. The standard InChI is InChI=1S/C33H22F2N2O5/c1-18-25-14-21(34)9-12-28(25)41-31(18)33(38)40-23-10-11-24-29(15-23)42-32(37)26(16-36)30(24)19-6-4-7-22(13-19)39-17-20-5-2-3-8-27(20)35/h2-15,30H,17,37H2,1H3. The number of fused-ring (bicyclic) bond motifs is 2. The molecule has 4 aromatic carbocycles. The fourth-order valence-electron chi connectivity index (χ4n) is 4.94. The van der Waals surface area contributed by atoms with Crippen LogP contribution in [0.3, 0.4) is 0 Å². The van der Waals surface area contributed by atoms with E-state index in [1.807, 2.05) is 6.07 Å². The Morgan fingerprint density at radius 1 is 1.00 bits per heavy atom. The Balaban J connectivity index is 1.28. The first-order chi connectivity index (χ1) is 20.3. The molecule has 1 atom stereocenters. The average molecular weight is 565 g/mol. The monoisotopic (exact) mass is 564 g/mol. The van der Waals surface area contributed by atoms with E-state index in [1.165, 1.54) is 30.3 Å². The Morgan fingerprint density at radius 3 is 2.64 bits per heavy atom. The second-order valence-corrected chi connectivity index (χ2v) is 9.66. The van der Waals surface area contributed by atoms with Crippen LogP contribution in [0, 0.1) is 29.9 Å². The van der Waals surface area contributed by atoms with Crippen molar-refractivity contribution in [2.24, 2.45) is 5.73 Å². The molecule has 9 heteroatoms. The van der Waals surface area contributed by atoms with Crippen LogP contribution in [0.25, 0.3) is 11.0 Å². The molecule has 0 fully saturated rings. The molecule has 1 unspecified atom stereocenters. The maximum Gasteiger partial charge on any atom is 0.379 e. The van der Waals surface area contributed by atoms with Crippen LogP contribution >= 0.6 is 0 Å². The quantitative estimate of drug-likeness (QED) is 0.174. The number of esters is 1. The van der Waals surface area contributed by atoms with Gasteiger partial charge in [0.1, 0.15) is 52.7 Å². The Kier molecular flexibility index (Phi) is 6.80. The van der Waals surface area contributed by atoms with Crippen molar-refractivity contribution in [3.63, 3.8) is 0 Å². The summed E-state index contributed by atoms with van der Waals surface area (Å²) in [6.45, 7) is 1.67. The van der Waals surface area contributed by atoms with Crippen LogP contribution in [0.4, 0.5) is 8.78 Å². The number of halogens is 2. The molecule has 1 aliphatic rings. The number of furan rings is 1. The van der Waals surface area contributed by atoms with E-state index in [1.54, 1.807) is 55.5 Å². The number of rotatable bonds is 6. The van der Waals surface area contributed by atoms with E-state index in [9.17, 15) is 18.8 Å². The average Bonchev–Trinajstić information content (AvgIpc) is 3.31. The Morgan fingerprint density at radius 2 is 1.83 bits per heavy atom. The third kappa shape index (κ3) is 4.90. The molecule has 2 heterocycles. The van der Waals surface area contributed by atoms with Crippen LogP contribution in [0.2, 0.25) is 0 Å². The van der Waals surface area contributed by atoms with E-state index in [2.05, 4.69) is 6.07 Å². The van der Waals surface area contributed by atoms with Gasteiger partial charge in [0.15, 0.2) is 0 Å². The summed E-state index contributed by atoms with van der Waals surface area (Å²) in [4.78, 5) is 13.0. The van der Waals surface area contributed by atoms with Gasteiger partial charge in [0.2, 0.25) is 11.6 Å². The first-order valence-corrected chi connectivity index (χ1v) is 12.9. The Labute approximate surface area is 239 Å². The highest BCUT2D eigenvalue weighted by atomic mass is 19.1. The number of hydrogen-bond donors (Lipinski definition) is 1. The van der Waals surface area contributed by atoms with Crippen molar-refractivity contribution in [2.45, 2.75) is 19.4 Å². The van der Waals surface area contributed by atoms with Gasteiger partial charge in [0.05, 0.1) is 5.92 Å². The van der Waals surface area contributed by atoms with Gasteiger partial charge >= 0.3 is 5.97 Å². The van der Waals surface area contributed by atoms with Gasteiger partial charge in [-0.15, -0.1) is 0 Å². The summed E-state index contributed by atoms with van der Waals surface area (Å²) < 4.78 is 50.5. The maximum atomic E-state index is 14.1.